The van der Waals surface area contributed by atoms with Crippen LogP contribution in [0.4, 0.5) is 0 Å². The van der Waals surface area contributed by atoms with Crippen LogP contribution in [0.3, 0.4) is 0 Å². The number of nitrogens with zero attached hydrogens (tertiary/aromatic N) is 2. The molecule has 0 saturated carbocycles. The normalized spacial score (nSPS) is 23.8. The van der Waals surface area contributed by atoms with Crippen molar-refractivity contribution in [2.24, 2.45) is 0 Å². The van der Waals surface area contributed by atoms with Gasteiger partial charge in [-0.25, -0.2) is 8.42 Å². The van der Waals surface area contributed by atoms with Gasteiger partial charge in [0.2, 0.25) is 10.0 Å². The van der Waals surface area contributed by atoms with Crippen LogP contribution < -0.4 is 0 Å². The third kappa shape index (κ3) is 3.94. The Labute approximate surface area is 136 Å². The first kappa shape index (κ1) is 16.5. The van der Waals surface area contributed by atoms with E-state index in [4.69, 9.17) is 9.15 Å². The van der Waals surface area contributed by atoms with E-state index in [1.807, 2.05) is 0 Å². The third-order valence-corrected chi connectivity index (χ3v) is 6.30. The Morgan fingerprint density at radius 1 is 1.22 bits per heavy atom. The molecule has 1 atom stereocenters. The van der Waals surface area contributed by atoms with Gasteiger partial charge in [0, 0.05) is 32.8 Å². The molecule has 0 bridgehead atoms. The molecule has 2 aliphatic heterocycles. The van der Waals surface area contributed by atoms with Gasteiger partial charge in [-0.05, 0) is 25.3 Å². The number of sulfonamides is 1. The Morgan fingerprint density at radius 3 is 2.61 bits per heavy atom. The van der Waals surface area contributed by atoms with E-state index in [9.17, 15) is 13.2 Å². The molecule has 0 radical (unpaired) electrons. The Hall–Kier alpha value is -1.38. The molecule has 0 spiro atoms. The summed E-state index contributed by atoms with van der Waals surface area (Å²) in [5, 5.41) is 0. The van der Waals surface area contributed by atoms with E-state index in [0.29, 0.717) is 38.3 Å². The van der Waals surface area contributed by atoms with Crippen LogP contribution in [-0.4, -0.2) is 68.2 Å². The summed E-state index contributed by atoms with van der Waals surface area (Å²) in [6, 6.07) is 1.62. The smallest absolute Gasteiger partial charge is 0.257 e. The number of hydrogen-bond acceptors (Lipinski definition) is 5. The van der Waals surface area contributed by atoms with E-state index in [1.165, 1.54) is 16.8 Å². The SMILES string of the molecule is O=C(c1ccoc1)N1CCN(S(=O)(=O)CC2CCCCO2)CC1. The van der Waals surface area contributed by atoms with E-state index in [2.05, 4.69) is 0 Å². The Bertz CT molecular complexity index is 614. The summed E-state index contributed by atoms with van der Waals surface area (Å²) < 4.78 is 36.9. The average Bonchev–Trinajstić information content (AvgIpc) is 3.09. The zero-order chi connectivity index (χ0) is 16.3. The second kappa shape index (κ2) is 7.02. The van der Waals surface area contributed by atoms with Crippen LogP contribution in [0.2, 0.25) is 0 Å². The lowest BCUT2D eigenvalue weighted by Crippen LogP contribution is -2.52. The van der Waals surface area contributed by atoms with Gasteiger partial charge in [0.15, 0.2) is 0 Å². The minimum absolute atomic E-state index is 0.0443. The highest BCUT2D eigenvalue weighted by Gasteiger charge is 2.32. The summed E-state index contributed by atoms with van der Waals surface area (Å²) in [5.41, 5.74) is 0.497. The topological polar surface area (TPSA) is 80.1 Å². The molecule has 0 aromatic carbocycles. The molecule has 1 aromatic rings. The quantitative estimate of drug-likeness (QED) is 0.813. The van der Waals surface area contributed by atoms with E-state index in [0.717, 1.165) is 19.3 Å². The van der Waals surface area contributed by atoms with Crippen molar-refractivity contribution in [3.05, 3.63) is 24.2 Å². The fraction of sp³-hybridized carbons (Fsp3) is 0.667. The number of rotatable bonds is 4. The van der Waals surface area contributed by atoms with Crippen LogP contribution in [0, 0.1) is 0 Å². The standard InChI is InChI=1S/C15H22N2O5S/c18-15(13-4-10-21-11-13)16-5-7-17(8-6-16)23(19,20)12-14-3-1-2-9-22-14/h4,10-11,14H,1-3,5-9,12H2. The van der Waals surface area contributed by atoms with E-state index in [-0.39, 0.29) is 17.8 Å². The Balaban J connectivity index is 1.54. The van der Waals surface area contributed by atoms with Crippen LogP contribution >= 0.6 is 0 Å². The molecule has 0 N–H and O–H groups in total. The molecular formula is C15H22N2O5S. The van der Waals surface area contributed by atoms with Crippen molar-refractivity contribution < 1.29 is 22.4 Å². The molecule has 1 aromatic heterocycles. The predicted molar refractivity (Wildman–Crippen MR) is 83.6 cm³/mol. The zero-order valence-electron chi connectivity index (χ0n) is 13.0. The number of amides is 1. The van der Waals surface area contributed by atoms with Gasteiger partial charge in [0.1, 0.15) is 6.26 Å². The summed E-state index contributed by atoms with van der Waals surface area (Å²) >= 11 is 0. The lowest BCUT2D eigenvalue weighted by Gasteiger charge is -2.34. The Kier molecular flexibility index (Phi) is 5.03. The summed E-state index contributed by atoms with van der Waals surface area (Å²) in [6.07, 6.45) is 5.50. The fourth-order valence-electron chi connectivity index (χ4n) is 3.02. The van der Waals surface area contributed by atoms with Crippen LogP contribution in [0.15, 0.2) is 23.0 Å². The fourth-order valence-corrected chi connectivity index (χ4v) is 4.68. The number of ether oxygens (including phenoxy) is 1. The van der Waals surface area contributed by atoms with Crippen molar-refractivity contribution in [3.63, 3.8) is 0 Å². The molecule has 128 valence electrons. The third-order valence-electron chi connectivity index (χ3n) is 4.36. The minimum atomic E-state index is -3.33. The monoisotopic (exact) mass is 342 g/mol. The molecule has 8 heteroatoms. The summed E-state index contributed by atoms with van der Waals surface area (Å²) in [5.74, 6) is -0.0747. The van der Waals surface area contributed by atoms with Gasteiger partial charge in [-0.15, -0.1) is 0 Å². The second-order valence-corrected chi connectivity index (χ2v) is 7.98. The van der Waals surface area contributed by atoms with Gasteiger partial charge in [0.05, 0.1) is 23.7 Å². The second-order valence-electron chi connectivity index (χ2n) is 5.97. The molecule has 7 nitrogen and oxygen atoms in total. The van der Waals surface area contributed by atoms with E-state index in [1.54, 1.807) is 11.0 Å². The molecule has 2 saturated heterocycles. The zero-order valence-corrected chi connectivity index (χ0v) is 13.8. The van der Waals surface area contributed by atoms with Gasteiger partial charge in [-0.3, -0.25) is 4.79 Å². The number of carbonyl (C=O) groups is 1. The molecular weight excluding hydrogens is 320 g/mol. The average molecular weight is 342 g/mol. The number of carbonyl (C=O) groups excluding carboxylic acids is 1. The van der Waals surface area contributed by atoms with Crippen molar-refractivity contribution in [1.82, 2.24) is 9.21 Å². The van der Waals surface area contributed by atoms with E-state index >= 15 is 0 Å². The van der Waals surface area contributed by atoms with Crippen LogP contribution in [0.25, 0.3) is 0 Å². The maximum absolute atomic E-state index is 12.5. The van der Waals surface area contributed by atoms with Crippen molar-refractivity contribution in [2.75, 3.05) is 38.5 Å². The molecule has 1 unspecified atom stereocenters. The lowest BCUT2D eigenvalue weighted by molar-refractivity contribution is 0.0295. The van der Waals surface area contributed by atoms with Gasteiger partial charge in [-0.1, -0.05) is 0 Å². The van der Waals surface area contributed by atoms with Crippen molar-refractivity contribution in [1.29, 1.82) is 0 Å². The molecule has 0 aliphatic carbocycles. The van der Waals surface area contributed by atoms with Crippen molar-refractivity contribution in [3.8, 4) is 0 Å². The first-order valence-corrected chi connectivity index (χ1v) is 9.58. The van der Waals surface area contributed by atoms with Gasteiger partial charge < -0.3 is 14.1 Å². The maximum Gasteiger partial charge on any atom is 0.257 e. The molecule has 3 rings (SSSR count). The van der Waals surface area contributed by atoms with Gasteiger partial charge >= 0.3 is 0 Å². The summed E-state index contributed by atoms with van der Waals surface area (Å²) in [4.78, 5) is 13.9. The molecule has 23 heavy (non-hydrogen) atoms. The molecule has 3 heterocycles. The highest BCUT2D eigenvalue weighted by molar-refractivity contribution is 7.89. The Morgan fingerprint density at radius 2 is 2.00 bits per heavy atom. The number of hydrogen-bond donors (Lipinski definition) is 0. The van der Waals surface area contributed by atoms with Gasteiger partial charge in [0.25, 0.3) is 5.91 Å². The van der Waals surface area contributed by atoms with Gasteiger partial charge in [-0.2, -0.15) is 4.31 Å². The minimum Gasteiger partial charge on any atom is -0.472 e. The first-order chi connectivity index (χ1) is 11.1. The van der Waals surface area contributed by atoms with E-state index < -0.39 is 10.0 Å². The molecule has 1 amide bonds. The summed E-state index contributed by atoms with van der Waals surface area (Å²) in [7, 11) is -3.33. The van der Waals surface area contributed by atoms with Crippen LogP contribution in [0.5, 0.6) is 0 Å². The van der Waals surface area contributed by atoms with Crippen molar-refractivity contribution >= 4 is 15.9 Å². The maximum atomic E-state index is 12.5. The number of piperazine rings is 1. The molecule has 2 fully saturated rings. The molecule has 2 aliphatic rings. The highest BCUT2D eigenvalue weighted by atomic mass is 32.2. The first-order valence-electron chi connectivity index (χ1n) is 7.97. The largest absolute Gasteiger partial charge is 0.472 e. The predicted octanol–water partition coefficient (Wildman–Crippen LogP) is 0.936. The van der Waals surface area contributed by atoms with Crippen LogP contribution in [0.1, 0.15) is 29.6 Å². The number of furan rings is 1. The lowest BCUT2D eigenvalue weighted by atomic mass is 10.1. The van der Waals surface area contributed by atoms with Crippen molar-refractivity contribution in [2.45, 2.75) is 25.4 Å². The highest BCUT2D eigenvalue weighted by Crippen LogP contribution is 2.18. The van der Waals surface area contributed by atoms with Crippen LogP contribution in [-0.2, 0) is 14.8 Å². The summed E-state index contributed by atoms with van der Waals surface area (Å²) in [6.45, 7) is 2.11.